The molecule has 1 aromatic heterocycles. The van der Waals surface area contributed by atoms with Gasteiger partial charge in [-0.3, -0.25) is 9.69 Å². The van der Waals surface area contributed by atoms with E-state index in [0.717, 1.165) is 25.9 Å². The Morgan fingerprint density at radius 3 is 2.65 bits per heavy atom. The van der Waals surface area contributed by atoms with Crippen molar-refractivity contribution in [3.63, 3.8) is 0 Å². The second-order valence-corrected chi connectivity index (χ2v) is 6.56. The Hall–Kier alpha value is -0.130. The van der Waals surface area contributed by atoms with E-state index in [9.17, 15) is 4.79 Å². The second kappa shape index (κ2) is 5.67. The van der Waals surface area contributed by atoms with E-state index in [2.05, 4.69) is 4.90 Å². The number of halogens is 2. The number of carbonyl (C=O) groups is 1. The Balaban J connectivity index is 1.95. The molecule has 0 unspecified atom stereocenters. The highest BCUT2D eigenvalue weighted by Crippen LogP contribution is 2.31. The van der Waals surface area contributed by atoms with Crippen LogP contribution in [0.3, 0.4) is 0 Å². The van der Waals surface area contributed by atoms with Crippen molar-refractivity contribution in [3.8, 4) is 0 Å². The lowest BCUT2D eigenvalue weighted by Crippen LogP contribution is -2.41. The fraction of sp³-hybridized carbons (Fsp3) is 0.545. The highest BCUT2D eigenvalue weighted by molar-refractivity contribution is 7.20. The van der Waals surface area contributed by atoms with Crippen LogP contribution < -0.4 is 5.73 Å². The first-order valence-corrected chi connectivity index (χ1v) is 7.09. The lowest BCUT2D eigenvalue weighted by Gasteiger charge is -2.29. The molecule has 0 radical (unpaired) electrons. The van der Waals surface area contributed by atoms with Crippen LogP contribution in [0.2, 0.25) is 8.67 Å². The molecule has 94 valence electrons. The number of carbonyl (C=O) groups excluding carboxylic acids is 1. The predicted molar refractivity (Wildman–Crippen MR) is 72.3 cm³/mol. The SMILES string of the molecule is NC1CCN(CC(=O)c2cc(Cl)sc2Cl)CC1. The van der Waals surface area contributed by atoms with Crippen molar-refractivity contribution in [2.45, 2.75) is 18.9 Å². The van der Waals surface area contributed by atoms with Crippen LogP contribution in [0, 0.1) is 0 Å². The molecule has 0 aliphatic carbocycles. The molecule has 2 N–H and O–H groups in total. The van der Waals surface area contributed by atoms with Crippen LogP contribution in [-0.2, 0) is 0 Å². The third-order valence-corrected chi connectivity index (χ3v) is 4.44. The number of Topliss-reactive ketones (excluding diaryl/α,β-unsaturated/α-hetero) is 1. The molecule has 3 nitrogen and oxygen atoms in total. The van der Waals surface area contributed by atoms with Gasteiger partial charge in [0.1, 0.15) is 4.34 Å². The molecule has 1 aliphatic heterocycles. The monoisotopic (exact) mass is 292 g/mol. The molecule has 0 saturated carbocycles. The molecule has 0 bridgehead atoms. The Morgan fingerprint density at radius 1 is 1.47 bits per heavy atom. The van der Waals surface area contributed by atoms with Crippen LogP contribution in [0.15, 0.2) is 6.07 Å². The zero-order chi connectivity index (χ0) is 12.4. The van der Waals surface area contributed by atoms with Gasteiger partial charge in [-0.25, -0.2) is 0 Å². The molecule has 1 saturated heterocycles. The first-order valence-electron chi connectivity index (χ1n) is 5.52. The van der Waals surface area contributed by atoms with E-state index in [-0.39, 0.29) is 11.8 Å². The van der Waals surface area contributed by atoms with Crippen LogP contribution in [0.4, 0.5) is 0 Å². The summed E-state index contributed by atoms with van der Waals surface area (Å²) in [5, 5.41) is 0. The molecule has 1 aliphatic rings. The quantitative estimate of drug-likeness (QED) is 0.872. The van der Waals surface area contributed by atoms with Crippen molar-refractivity contribution in [1.82, 2.24) is 4.90 Å². The lowest BCUT2D eigenvalue weighted by molar-refractivity contribution is 0.0910. The summed E-state index contributed by atoms with van der Waals surface area (Å²) in [7, 11) is 0. The van der Waals surface area contributed by atoms with E-state index in [1.54, 1.807) is 6.07 Å². The van der Waals surface area contributed by atoms with E-state index in [0.29, 0.717) is 20.8 Å². The summed E-state index contributed by atoms with van der Waals surface area (Å²) in [6.45, 7) is 2.16. The van der Waals surface area contributed by atoms with Gasteiger partial charge in [0.15, 0.2) is 5.78 Å². The fourth-order valence-corrected chi connectivity index (χ4v) is 3.43. The number of hydrogen-bond acceptors (Lipinski definition) is 4. The van der Waals surface area contributed by atoms with Gasteiger partial charge in [0.05, 0.1) is 16.4 Å². The number of piperidine rings is 1. The Kier molecular flexibility index (Phi) is 4.44. The largest absolute Gasteiger partial charge is 0.328 e. The average molecular weight is 293 g/mol. The van der Waals surface area contributed by atoms with E-state index in [4.69, 9.17) is 28.9 Å². The first-order chi connectivity index (χ1) is 8.06. The van der Waals surface area contributed by atoms with E-state index < -0.39 is 0 Å². The number of nitrogens with two attached hydrogens (primary N) is 1. The molecule has 0 spiro atoms. The van der Waals surface area contributed by atoms with Gasteiger partial charge in [-0.1, -0.05) is 23.2 Å². The van der Waals surface area contributed by atoms with Gasteiger partial charge >= 0.3 is 0 Å². The van der Waals surface area contributed by atoms with E-state index in [1.807, 2.05) is 0 Å². The van der Waals surface area contributed by atoms with Crippen molar-refractivity contribution in [1.29, 1.82) is 0 Å². The molecular weight excluding hydrogens is 279 g/mol. The summed E-state index contributed by atoms with van der Waals surface area (Å²) in [4.78, 5) is 14.1. The average Bonchev–Trinajstić information content (AvgIpc) is 2.61. The number of nitrogens with zero attached hydrogens (tertiary/aromatic N) is 1. The van der Waals surface area contributed by atoms with Crippen LogP contribution >= 0.6 is 34.5 Å². The zero-order valence-corrected chi connectivity index (χ0v) is 11.6. The Labute approximate surface area is 114 Å². The maximum atomic E-state index is 12.0. The molecule has 6 heteroatoms. The third kappa shape index (κ3) is 3.42. The Morgan fingerprint density at radius 2 is 2.12 bits per heavy atom. The highest BCUT2D eigenvalue weighted by Gasteiger charge is 2.21. The van der Waals surface area contributed by atoms with Crippen LogP contribution in [0.25, 0.3) is 0 Å². The van der Waals surface area contributed by atoms with Crippen molar-refractivity contribution < 1.29 is 4.79 Å². The maximum Gasteiger partial charge on any atom is 0.179 e. The van der Waals surface area contributed by atoms with Gasteiger partial charge < -0.3 is 5.73 Å². The number of thiophene rings is 1. The van der Waals surface area contributed by atoms with Crippen LogP contribution in [-0.4, -0.2) is 36.4 Å². The van der Waals surface area contributed by atoms with Crippen LogP contribution in [0.5, 0.6) is 0 Å². The molecule has 0 atom stereocenters. The van der Waals surface area contributed by atoms with Gasteiger partial charge in [-0.2, -0.15) is 0 Å². The van der Waals surface area contributed by atoms with Gasteiger partial charge in [0.2, 0.25) is 0 Å². The molecule has 1 aromatic rings. The maximum absolute atomic E-state index is 12.0. The molecule has 2 heterocycles. The van der Waals surface area contributed by atoms with Crippen molar-refractivity contribution in [2.75, 3.05) is 19.6 Å². The van der Waals surface area contributed by atoms with Crippen molar-refractivity contribution in [3.05, 3.63) is 20.3 Å². The van der Waals surface area contributed by atoms with E-state index in [1.165, 1.54) is 11.3 Å². The molecule has 0 aromatic carbocycles. The summed E-state index contributed by atoms with van der Waals surface area (Å²) in [6.07, 6.45) is 1.90. The molecule has 1 fully saturated rings. The van der Waals surface area contributed by atoms with Crippen molar-refractivity contribution >= 4 is 40.3 Å². The molecule has 2 rings (SSSR count). The number of likely N-dealkylation sites (tertiary alicyclic amines) is 1. The minimum Gasteiger partial charge on any atom is -0.328 e. The predicted octanol–water partition coefficient (Wildman–Crippen LogP) is 2.66. The van der Waals surface area contributed by atoms with Crippen LogP contribution in [0.1, 0.15) is 23.2 Å². The summed E-state index contributed by atoms with van der Waals surface area (Å²) >= 11 is 13.0. The molecular formula is C11H14Cl2N2OS. The van der Waals surface area contributed by atoms with Gasteiger partial charge in [-0.15, -0.1) is 11.3 Å². The minimum absolute atomic E-state index is 0.0358. The Bertz CT molecular complexity index is 414. The molecule has 17 heavy (non-hydrogen) atoms. The number of rotatable bonds is 3. The topological polar surface area (TPSA) is 46.3 Å². The fourth-order valence-electron chi connectivity index (χ4n) is 1.93. The normalized spacial score (nSPS) is 18.5. The zero-order valence-electron chi connectivity index (χ0n) is 9.29. The first kappa shape index (κ1) is 13.3. The summed E-state index contributed by atoms with van der Waals surface area (Å²) in [5.74, 6) is 0.0358. The smallest absolute Gasteiger partial charge is 0.179 e. The number of ketones is 1. The molecule has 0 amide bonds. The summed E-state index contributed by atoms with van der Waals surface area (Å²) < 4.78 is 1.03. The summed E-state index contributed by atoms with van der Waals surface area (Å²) in [6, 6.07) is 1.92. The van der Waals surface area contributed by atoms with E-state index >= 15 is 0 Å². The lowest BCUT2D eigenvalue weighted by atomic mass is 10.1. The number of hydrogen-bond donors (Lipinski definition) is 1. The van der Waals surface area contributed by atoms with Gasteiger partial charge in [-0.05, 0) is 18.9 Å². The van der Waals surface area contributed by atoms with Crippen molar-refractivity contribution in [2.24, 2.45) is 5.73 Å². The van der Waals surface area contributed by atoms with Gasteiger partial charge in [0, 0.05) is 19.1 Å². The third-order valence-electron chi connectivity index (χ3n) is 2.96. The minimum atomic E-state index is 0.0358. The second-order valence-electron chi connectivity index (χ2n) is 4.27. The van der Waals surface area contributed by atoms with Gasteiger partial charge in [0.25, 0.3) is 0 Å². The highest BCUT2D eigenvalue weighted by atomic mass is 35.5. The summed E-state index contributed by atoms with van der Waals surface area (Å²) in [5.41, 5.74) is 6.36. The standard InChI is InChI=1S/C11H14Cl2N2OS/c12-10-5-8(11(13)17-10)9(16)6-15-3-1-7(14)2-4-15/h5,7H,1-4,6,14H2.